The predicted octanol–water partition coefficient (Wildman–Crippen LogP) is 3.90. The van der Waals surface area contributed by atoms with Gasteiger partial charge in [-0.05, 0) is 49.9 Å². The van der Waals surface area contributed by atoms with Gasteiger partial charge in [-0.25, -0.2) is 4.98 Å². The zero-order valence-corrected chi connectivity index (χ0v) is 12.7. The molecule has 106 valence electrons. The Morgan fingerprint density at radius 3 is 2.50 bits per heavy atom. The minimum Gasteiger partial charge on any atom is -0.437 e. The van der Waals surface area contributed by atoms with Crippen LogP contribution < -0.4 is 10.5 Å². The fourth-order valence-corrected chi connectivity index (χ4v) is 1.97. The number of hydrogen-bond donors (Lipinski definition) is 1. The lowest BCUT2D eigenvalue weighted by Crippen LogP contribution is -2.01. The molecule has 0 saturated heterocycles. The third-order valence-electron chi connectivity index (χ3n) is 3.26. The summed E-state index contributed by atoms with van der Waals surface area (Å²) in [5, 5.41) is 0. The van der Waals surface area contributed by atoms with E-state index in [9.17, 15) is 0 Å². The van der Waals surface area contributed by atoms with Crippen molar-refractivity contribution in [3.63, 3.8) is 0 Å². The van der Waals surface area contributed by atoms with E-state index in [4.69, 9.17) is 10.5 Å². The van der Waals surface area contributed by atoms with E-state index in [0.717, 1.165) is 34.0 Å². The van der Waals surface area contributed by atoms with Crippen molar-refractivity contribution in [3.05, 3.63) is 40.8 Å². The molecule has 1 aromatic heterocycles. The molecule has 4 heteroatoms. The Hall–Kier alpha value is -2.10. The molecule has 0 bridgehead atoms. The highest BCUT2D eigenvalue weighted by Crippen LogP contribution is 2.34. The van der Waals surface area contributed by atoms with Gasteiger partial charge in [-0.3, -0.25) is 4.98 Å². The largest absolute Gasteiger partial charge is 0.437 e. The van der Waals surface area contributed by atoms with E-state index >= 15 is 0 Å². The number of aryl methyl sites for hydroxylation is 3. The number of ether oxygens (including phenoxy) is 1. The monoisotopic (exact) mass is 271 g/mol. The number of aromatic nitrogens is 2. The second kappa shape index (κ2) is 5.49. The van der Waals surface area contributed by atoms with E-state index in [1.807, 2.05) is 32.9 Å². The lowest BCUT2D eigenvalue weighted by molar-refractivity contribution is 0.445. The molecule has 1 heterocycles. The first-order valence-corrected chi connectivity index (χ1v) is 6.76. The van der Waals surface area contributed by atoms with E-state index in [1.54, 1.807) is 6.20 Å². The number of nitrogens with zero attached hydrogens (tertiary/aromatic N) is 2. The standard InChI is InChI=1S/C16H21N3O/c1-9(2)13-7-14(17)10(3)6-15(13)20-16-12(5)18-8-11(4)19-16/h6-9H,17H2,1-5H3. The quantitative estimate of drug-likeness (QED) is 0.860. The second-order valence-electron chi connectivity index (χ2n) is 5.41. The Kier molecular flexibility index (Phi) is 3.93. The minimum atomic E-state index is 0.325. The van der Waals surface area contributed by atoms with Crippen LogP contribution in [0.15, 0.2) is 18.3 Å². The molecule has 20 heavy (non-hydrogen) atoms. The first-order chi connectivity index (χ1) is 9.38. The molecule has 0 radical (unpaired) electrons. The van der Waals surface area contributed by atoms with Gasteiger partial charge in [-0.2, -0.15) is 0 Å². The average Bonchev–Trinajstić information content (AvgIpc) is 2.37. The molecule has 2 aromatic rings. The van der Waals surface area contributed by atoms with Crippen LogP contribution in [0.1, 0.15) is 42.3 Å². The van der Waals surface area contributed by atoms with Crippen LogP contribution in [0.4, 0.5) is 5.69 Å². The zero-order chi connectivity index (χ0) is 14.9. The summed E-state index contributed by atoms with van der Waals surface area (Å²) in [5.74, 6) is 1.68. The van der Waals surface area contributed by atoms with Crippen molar-refractivity contribution in [2.24, 2.45) is 0 Å². The van der Waals surface area contributed by atoms with Gasteiger partial charge in [0.15, 0.2) is 0 Å². The van der Waals surface area contributed by atoms with Gasteiger partial charge in [0.2, 0.25) is 5.88 Å². The third kappa shape index (κ3) is 2.90. The molecular weight excluding hydrogens is 250 g/mol. The van der Waals surface area contributed by atoms with Crippen LogP contribution in [0.5, 0.6) is 11.6 Å². The molecule has 0 spiro atoms. The summed E-state index contributed by atoms with van der Waals surface area (Å²) in [6.45, 7) is 10.00. The Labute approximate surface area is 120 Å². The van der Waals surface area contributed by atoms with Gasteiger partial charge in [0.1, 0.15) is 5.75 Å². The van der Waals surface area contributed by atoms with Crippen molar-refractivity contribution in [2.45, 2.75) is 40.5 Å². The van der Waals surface area contributed by atoms with Crippen LogP contribution in [0, 0.1) is 20.8 Å². The Balaban J connectivity index is 2.47. The molecule has 0 unspecified atom stereocenters. The van der Waals surface area contributed by atoms with Crippen molar-refractivity contribution in [1.82, 2.24) is 9.97 Å². The smallest absolute Gasteiger partial charge is 0.241 e. The SMILES string of the molecule is Cc1cnc(C)c(Oc2cc(C)c(N)cc2C(C)C)n1. The van der Waals surface area contributed by atoms with Gasteiger partial charge < -0.3 is 10.5 Å². The molecule has 0 fully saturated rings. The highest BCUT2D eigenvalue weighted by atomic mass is 16.5. The summed E-state index contributed by atoms with van der Waals surface area (Å²) in [6.07, 6.45) is 1.74. The summed E-state index contributed by atoms with van der Waals surface area (Å²) in [4.78, 5) is 8.68. The van der Waals surface area contributed by atoms with Crippen LogP contribution in [-0.4, -0.2) is 9.97 Å². The molecule has 0 aliphatic heterocycles. The number of nitrogen functional groups attached to an aromatic ring is 1. The molecular formula is C16H21N3O. The average molecular weight is 271 g/mol. The molecule has 0 aliphatic rings. The normalized spacial score (nSPS) is 10.9. The molecule has 0 atom stereocenters. The van der Waals surface area contributed by atoms with Crippen LogP contribution in [0.3, 0.4) is 0 Å². The van der Waals surface area contributed by atoms with Gasteiger partial charge >= 0.3 is 0 Å². The van der Waals surface area contributed by atoms with Crippen LogP contribution in [0.2, 0.25) is 0 Å². The molecule has 4 nitrogen and oxygen atoms in total. The van der Waals surface area contributed by atoms with Crippen molar-refractivity contribution in [1.29, 1.82) is 0 Å². The molecule has 1 aromatic carbocycles. The third-order valence-corrected chi connectivity index (χ3v) is 3.26. The van der Waals surface area contributed by atoms with Crippen LogP contribution >= 0.6 is 0 Å². The molecule has 0 amide bonds. The maximum absolute atomic E-state index is 5.99. The molecule has 2 N–H and O–H groups in total. The lowest BCUT2D eigenvalue weighted by Gasteiger charge is -2.16. The Bertz CT molecular complexity index is 636. The Morgan fingerprint density at radius 2 is 1.85 bits per heavy atom. The van der Waals surface area contributed by atoms with E-state index in [-0.39, 0.29) is 0 Å². The van der Waals surface area contributed by atoms with Crippen molar-refractivity contribution < 1.29 is 4.74 Å². The van der Waals surface area contributed by atoms with Gasteiger partial charge in [-0.1, -0.05) is 13.8 Å². The maximum atomic E-state index is 5.99. The van der Waals surface area contributed by atoms with Crippen molar-refractivity contribution >= 4 is 5.69 Å². The second-order valence-corrected chi connectivity index (χ2v) is 5.41. The molecule has 2 rings (SSSR count). The molecule has 0 aliphatic carbocycles. The highest BCUT2D eigenvalue weighted by Gasteiger charge is 2.13. The fourth-order valence-electron chi connectivity index (χ4n) is 1.97. The number of benzene rings is 1. The fraction of sp³-hybridized carbons (Fsp3) is 0.375. The van der Waals surface area contributed by atoms with Crippen LogP contribution in [0.25, 0.3) is 0 Å². The lowest BCUT2D eigenvalue weighted by atomic mass is 9.99. The first kappa shape index (κ1) is 14.3. The highest BCUT2D eigenvalue weighted by molar-refractivity contribution is 5.55. The van der Waals surface area contributed by atoms with Gasteiger partial charge in [0, 0.05) is 11.9 Å². The van der Waals surface area contributed by atoms with E-state index in [0.29, 0.717) is 11.8 Å². The number of rotatable bonds is 3. The van der Waals surface area contributed by atoms with E-state index in [1.165, 1.54) is 0 Å². The number of hydrogen-bond acceptors (Lipinski definition) is 4. The van der Waals surface area contributed by atoms with Gasteiger partial charge in [0.05, 0.1) is 11.4 Å². The number of nitrogens with two attached hydrogens (primary N) is 1. The predicted molar refractivity (Wildman–Crippen MR) is 81.3 cm³/mol. The zero-order valence-electron chi connectivity index (χ0n) is 12.7. The number of anilines is 1. The van der Waals surface area contributed by atoms with Gasteiger partial charge in [0.25, 0.3) is 0 Å². The summed E-state index contributed by atoms with van der Waals surface area (Å²) in [5.41, 5.74) is 10.5. The first-order valence-electron chi connectivity index (χ1n) is 6.76. The Morgan fingerprint density at radius 1 is 1.15 bits per heavy atom. The summed E-state index contributed by atoms with van der Waals surface area (Å²) >= 11 is 0. The molecule has 0 saturated carbocycles. The van der Waals surface area contributed by atoms with E-state index in [2.05, 4.69) is 23.8 Å². The van der Waals surface area contributed by atoms with Crippen molar-refractivity contribution in [3.8, 4) is 11.6 Å². The van der Waals surface area contributed by atoms with Crippen molar-refractivity contribution in [2.75, 3.05) is 5.73 Å². The maximum Gasteiger partial charge on any atom is 0.241 e. The van der Waals surface area contributed by atoms with Gasteiger partial charge in [-0.15, -0.1) is 0 Å². The van der Waals surface area contributed by atoms with E-state index < -0.39 is 0 Å². The van der Waals surface area contributed by atoms with Crippen LogP contribution in [-0.2, 0) is 0 Å². The summed E-state index contributed by atoms with van der Waals surface area (Å²) in [7, 11) is 0. The topological polar surface area (TPSA) is 61.0 Å². The summed E-state index contributed by atoms with van der Waals surface area (Å²) < 4.78 is 5.99. The summed E-state index contributed by atoms with van der Waals surface area (Å²) in [6, 6.07) is 3.95. The minimum absolute atomic E-state index is 0.325.